The predicted molar refractivity (Wildman–Crippen MR) is 101 cm³/mol. The quantitative estimate of drug-likeness (QED) is 0.805. The van der Waals surface area contributed by atoms with Crippen LogP contribution < -0.4 is 14.7 Å². The molecule has 0 amide bonds. The standard InChI is InChI=1S/C18H25N3O2S2/c1-12-8-10-13(11-9-12)25(22,23)21-16-14(19-17(2,3)4)15(24-16)20-18(5,6)7/h8-11H,1-7H3/b19-14?,20-15?,21-16-. The maximum Gasteiger partial charge on any atom is 0.283 e. The molecule has 136 valence electrons. The van der Waals surface area contributed by atoms with Gasteiger partial charge < -0.3 is 0 Å². The van der Waals surface area contributed by atoms with Crippen LogP contribution in [-0.2, 0) is 10.0 Å². The van der Waals surface area contributed by atoms with Gasteiger partial charge in [0.1, 0.15) is 10.0 Å². The third kappa shape index (κ3) is 5.44. The molecule has 1 aromatic carbocycles. The fourth-order valence-electron chi connectivity index (χ4n) is 1.98. The second kappa shape index (κ2) is 6.61. The van der Waals surface area contributed by atoms with Gasteiger partial charge in [0.25, 0.3) is 10.0 Å². The first-order chi connectivity index (χ1) is 11.3. The van der Waals surface area contributed by atoms with Crippen LogP contribution in [0.4, 0.5) is 0 Å². The van der Waals surface area contributed by atoms with E-state index < -0.39 is 10.0 Å². The SMILES string of the molecule is Cc1ccc(S(=O)(=O)/N=c2\sc(=NC(C)(C)C)c2=NC(C)(C)C)cc1. The summed E-state index contributed by atoms with van der Waals surface area (Å²) in [5, 5.41) is 0.572. The molecule has 0 saturated heterocycles. The van der Waals surface area contributed by atoms with Crippen molar-refractivity contribution in [2.45, 2.75) is 64.4 Å². The Morgan fingerprint density at radius 1 is 0.840 bits per heavy atom. The molecule has 7 heteroatoms. The van der Waals surface area contributed by atoms with Crippen LogP contribution >= 0.6 is 11.3 Å². The Hall–Kier alpha value is -1.60. The van der Waals surface area contributed by atoms with Crippen LogP contribution in [0.2, 0.25) is 0 Å². The first-order valence-electron chi connectivity index (χ1n) is 8.07. The highest BCUT2D eigenvalue weighted by Crippen LogP contribution is 2.12. The van der Waals surface area contributed by atoms with Crippen molar-refractivity contribution in [3.63, 3.8) is 0 Å². The lowest BCUT2D eigenvalue weighted by Gasteiger charge is -2.14. The second-order valence-corrected chi connectivity index (χ2v) is 10.6. The first-order valence-corrected chi connectivity index (χ1v) is 10.3. The minimum Gasteiger partial charge on any atom is -0.273 e. The highest BCUT2D eigenvalue weighted by Gasteiger charge is 2.17. The highest BCUT2D eigenvalue weighted by molar-refractivity contribution is 7.90. The summed E-state index contributed by atoms with van der Waals surface area (Å²) in [6.07, 6.45) is 0. The van der Waals surface area contributed by atoms with Gasteiger partial charge in [0.15, 0.2) is 4.67 Å². The molecule has 0 unspecified atom stereocenters. The molecule has 0 bridgehead atoms. The summed E-state index contributed by atoms with van der Waals surface area (Å²) in [6, 6.07) is 6.67. The van der Waals surface area contributed by atoms with E-state index in [1.165, 1.54) is 11.3 Å². The molecule has 0 fully saturated rings. The monoisotopic (exact) mass is 379 g/mol. The van der Waals surface area contributed by atoms with E-state index in [4.69, 9.17) is 0 Å². The van der Waals surface area contributed by atoms with Gasteiger partial charge in [-0.1, -0.05) is 29.0 Å². The van der Waals surface area contributed by atoms with Gasteiger partial charge >= 0.3 is 0 Å². The van der Waals surface area contributed by atoms with E-state index in [1.807, 2.05) is 48.5 Å². The van der Waals surface area contributed by atoms with Crippen molar-refractivity contribution in [1.82, 2.24) is 0 Å². The third-order valence-electron chi connectivity index (χ3n) is 3.00. The molecule has 25 heavy (non-hydrogen) atoms. The van der Waals surface area contributed by atoms with Crippen molar-refractivity contribution in [1.29, 1.82) is 0 Å². The molecule has 0 aliphatic carbocycles. The molecule has 0 spiro atoms. The van der Waals surface area contributed by atoms with Crippen molar-refractivity contribution in [3.05, 3.63) is 44.5 Å². The molecule has 1 aromatic heterocycles. The molecule has 2 aromatic rings. The molecule has 1 heterocycles. The topological polar surface area (TPSA) is 71.2 Å². The molecule has 0 aliphatic rings. The highest BCUT2D eigenvalue weighted by atomic mass is 32.2. The summed E-state index contributed by atoms with van der Waals surface area (Å²) in [4.78, 5) is 9.42. The zero-order chi connectivity index (χ0) is 19.0. The average Bonchev–Trinajstić information content (AvgIpc) is 2.42. The van der Waals surface area contributed by atoms with E-state index in [9.17, 15) is 8.42 Å². The van der Waals surface area contributed by atoms with Gasteiger partial charge in [0.2, 0.25) is 0 Å². The van der Waals surface area contributed by atoms with Crippen molar-refractivity contribution < 1.29 is 8.42 Å². The van der Waals surface area contributed by atoms with Crippen LogP contribution in [-0.4, -0.2) is 19.5 Å². The van der Waals surface area contributed by atoms with Crippen molar-refractivity contribution in [2.75, 3.05) is 0 Å². The van der Waals surface area contributed by atoms with Crippen LogP contribution in [0, 0.1) is 6.92 Å². The number of sulfonamides is 1. The Labute approximate surface area is 153 Å². The summed E-state index contributed by atoms with van der Waals surface area (Å²) in [7, 11) is -3.76. The van der Waals surface area contributed by atoms with E-state index in [2.05, 4.69) is 14.4 Å². The lowest BCUT2D eigenvalue weighted by atomic mass is 10.1. The van der Waals surface area contributed by atoms with Gasteiger partial charge in [-0.3, -0.25) is 9.98 Å². The van der Waals surface area contributed by atoms with Crippen LogP contribution in [0.1, 0.15) is 47.1 Å². The Morgan fingerprint density at radius 2 is 1.36 bits per heavy atom. The van der Waals surface area contributed by atoms with Crippen LogP contribution in [0.5, 0.6) is 0 Å². The van der Waals surface area contributed by atoms with Gasteiger partial charge in [-0.25, -0.2) is 0 Å². The van der Waals surface area contributed by atoms with E-state index in [1.54, 1.807) is 24.3 Å². The summed E-state index contributed by atoms with van der Waals surface area (Å²) in [5.41, 5.74) is 0.394. The lowest BCUT2D eigenvalue weighted by molar-refractivity contribution is 0.550. The number of hydrogen-bond donors (Lipinski definition) is 0. The molecular weight excluding hydrogens is 354 g/mol. The average molecular weight is 380 g/mol. The van der Waals surface area contributed by atoms with Gasteiger partial charge in [0.05, 0.1) is 16.0 Å². The molecule has 0 radical (unpaired) electrons. The van der Waals surface area contributed by atoms with E-state index >= 15 is 0 Å². The molecule has 0 saturated carbocycles. The van der Waals surface area contributed by atoms with E-state index in [-0.39, 0.29) is 16.0 Å². The molecule has 2 rings (SSSR count). The van der Waals surface area contributed by atoms with Gasteiger partial charge in [0, 0.05) is 0 Å². The number of nitrogens with zero attached hydrogens (tertiary/aromatic N) is 3. The minimum atomic E-state index is -3.76. The molecule has 0 atom stereocenters. The smallest absolute Gasteiger partial charge is 0.273 e. The van der Waals surface area contributed by atoms with E-state index in [0.29, 0.717) is 10.0 Å². The summed E-state index contributed by atoms with van der Waals surface area (Å²) in [6.45, 7) is 13.8. The van der Waals surface area contributed by atoms with Gasteiger partial charge in [-0.15, -0.1) is 4.40 Å². The Kier molecular flexibility index (Phi) is 5.21. The van der Waals surface area contributed by atoms with Gasteiger partial charge in [-0.05, 0) is 60.6 Å². The van der Waals surface area contributed by atoms with Crippen molar-refractivity contribution >= 4 is 21.4 Å². The molecular formula is C18H25N3O2S2. The molecule has 0 aliphatic heterocycles. The largest absolute Gasteiger partial charge is 0.283 e. The molecule has 0 N–H and O–H groups in total. The van der Waals surface area contributed by atoms with E-state index in [0.717, 1.165) is 10.2 Å². The fraction of sp³-hybridized carbons (Fsp3) is 0.500. The minimum absolute atomic E-state index is 0.183. The fourth-order valence-corrected chi connectivity index (χ4v) is 4.14. The maximum atomic E-state index is 12.6. The Bertz CT molecular complexity index is 1020. The third-order valence-corrected chi connectivity index (χ3v) is 5.37. The van der Waals surface area contributed by atoms with Crippen molar-refractivity contribution in [2.24, 2.45) is 14.4 Å². The second-order valence-electron chi connectivity index (χ2n) is 8.01. The number of hydrogen-bond acceptors (Lipinski definition) is 5. The van der Waals surface area contributed by atoms with Crippen LogP contribution in [0.25, 0.3) is 0 Å². The zero-order valence-corrected chi connectivity index (χ0v) is 17.4. The Morgan fingerprint density at radius 3 is 1.84 bits per heavy atom. The predicted octanol–water partition coefficient (Wildman–Crippen LogP) is 2.62. The van der Waals surface area contributed by atoms with Crippen LogP contribution in [0.3, 0.4) is 0 Å². The Balaban J connectivity index is 2.66. The van der Waals surface area contributed by atoms with Crippen molar-refractivity contribution in [3.8, 4) is 0 Å². The number of rotatable bonds is 2. The normalized spacial score (nSPS) is 16.0. The van der Waals surface area contributed by atoms with Crippen LogP contribution in [0.15, 0.2) is 43.5 Å². The van der Waals surface area contributed by atoms with Gasteiger partial charge in [-0.2, -0.15) is 8.42 Å². The lowest BCUT2D eigenvalue weighted by Crippen LogP contribution is -2.48. The summed E-state index contributed by atoms with van der Waals surface area (Å²) >= 11 is 1.26. The first kappa shape index (κ1) is 19.7. The molecule has 5 nitrogen and oxygen atoms in total. The maximum absolute atomic E-state index is 12.6. The number of aryl methyl sites for hydroxylation is 1. The summed E-state index contributed by atoms with van der Waals surface area (Å²) in [5.74, 6) is 0. The summed E-state index contributed by atoms with van der Waals surface area (Å²) < 4.78 is 30.2. The number of benzene rings is 1. The zero-order valence-electron chi connectivity index (χ0n) is 15.8.